The number of anilines is 1. The molecule has 0 bridgehead atoms. The molecule has 120 valence electrons. The molecule has 4 nitrogen and oxygen atoms in total. The van der Waals surface area contributed by atoms with Crippen LogP contribution in [0, 0.1) is 0 Å². The highest BCUT2D eigenvalue weighted by Gasteiger charge is 2.31. The Kier molecular flexibility index (Phi) is 7.16. The Labute approximate surface area is 144 Å². The SMILES string of the molecule is CCCCN(C(C)CC)S(=O)(=O)c1c(Br)cc(N)cc1Br. The molecule has 0 aliphatic carbocycles. The quantitative estimate of drug-likeness (QED) is 0.638. The highest BCUT2D eigenvalue weighted by Crippen LogP contribution is 2.35. The Morgan fingerprint density at radius 1 is 1.24 bits per heavy atom. The number of unbranched alkanes of at least 4 members (excludes halogenated alkanes) is 1. The van der Waals surface area contributed by atoms with Gasteiger partial charge in [0.05, 0.1) is 0 Å². The van der Waals surface area contributed by atoms with Crippen LogP contribution in [0.4, 0.5) is 5.69 Å². The van der Waals surface area contributed by atoms with Gasteiger partial charge in [-0.25, -0.2) is 8.42 Å². The van der Waals surface area contributed by atoms with Crippen LogP contribution >= 0.6 is 31.9 Å². The van der Waals surface area contributed by atoms with Crippen molar-refractivity contribution in [2.24, 2.45) is 0 Å². The first kappa shape index (κ1) is 18.9. The van der Waals surface area contributed by atoms with Crippen molar-refractivity contribution < 1.29 is 8.42 Å². The summed E-state index contributed by atoms with van der Waals surface area (Å²) < 4.78 is 28.6. The van der Waals surface area contributed by atoms with Crippen molar-refractivity contribution in [1.82, 2.24) is 4.31 Å². The fourth-order valence-corrected chi connectivity index (χ4v) is 6.32. The van der Waals surface area contributed by atoms with Crippen LogP contribution in [0.2, 0.25) is 0 Å². The van der Waals surface area contributed by atoms with E-state index >= 15 is 0 Å². The molecule has 0 fully saturated rings. The van der Waals surface area contributed by atoms with E-state index in [-0.39, 0.29) is 10.9 Å². The fraction of sp³-hybridized carbons (Fsp3) is 0.571. The Morgan fingerprint density at radius 3 is 2.19 bits per heavy atom. The van der Waals surface area contributed by atoms with Crippen LogP contribution in [0.5, 0.6) is 0 Å². The highest BCUT2D eigenvalue weighted by atomic mass is 79.9. The average molecular weight is 442 g/mol. The lowest BCUT2D eigenvalue weighted by molar-refractivity contribution is 0.324. The van der Waals surface area contributed by atoms with E-state index in [1.807, 2.05) is 13.8 Å². The minimum absolute atomic E-state index is 0.0436. The van der Waals surface area contributed by atoms with E-state index in [1.165, 1.54) is 0 Å². The lowest BCUT2D eigenvalue weighted by atomic mass is 10.2. The molecule has 0 aliphatic rings. The number of nitrogen functional groups attached to an aromatic ring is 1. The monoisotopic (exact) mass is 440 g/mol. The molecule has 1 rings (SSSR count). The van der Waals surface area contributed by atoms with E-state index in [4.69, 9.17) is 5.73 Å². The molecule has 0 saturated heterocycles. The van der Waals surface area contributed by atoms with Crippen LogP contribution in [0.25, 0.3) is 0 Å². The number of benzene rings is 1. The van der Waals surface area contributed by atoms with Gasteiger partial charge >= 0.3 is 0 Å². The molecule has 0 saturated carbocycles. The van der Waals surface area contributed by atoms with Crippen LogP contribution in [0.15, 0.2) is 26.0 Å². The molecule has 0 spiro atoms. The summed E-state index contributed by atoms with van der Waals surface area (Å²) in [5, 5.41) is 0. The topological polar surface area (TPSA) is 63.4 Å². The van der Waals surface area contributed by atoms with E-state index in [0.29, 0.717) is 21.2 Å². The lowest BCUT2D eigenvalue weighted by Gasteiger charge is -2.28. The van der Waals surface area contributed by atoms with Crippen LogP contribution in [0.3, 0.4) is 0 Å². The van der Waals surface area contributed by atoms with Gasteiger partial charge in [-0.3, -0.25) is 0 Å². The Morgan fingerprint density at radius 2 is 1.76 bits per heavy atom. The van der Waals surface area contributed by atoms with Gasteiger partial charge in [0, 0.05) is 27.2 Å². The molecule has 0 aromatic heterocycles. The number of hydrogen-bond acceptors (Lipinski definition) is 3. The molecule has 1 unspecified atom stereocenters. The van der Waals surface area contributed by atoms with Crippen molar-refractivity contribution in [3.8, 4) is 0 Å². The van der Waals surface area contributed by atoms with Crippen molar-refractivity contribution >= 4 is 47.6 Å². The minimum Gasteiger partial charge on any atom is -0.399 e. The van der Waals surface area contributed by atoms with Gasteiger partial charge in [-0.2, -0.15) is 4.31 Å². The molecular weight excluding hydrogens is 420 g/mol. The van der Waals surface area contributed by atoms with Crippen molar-refractivity contribution in [2.75, 3.05) is 12.3 Å². The number of nitrogens with two attached hydrogens (primary N) is 1. The zero-order chi connectivity index (χ0) is 16.2. The summed E-state index contributed by atoms with van der Waals surface area (Å²) in [5.41, 5.74) is 6.26. The second-order valence-electron chi connectivity index (χ2n) is 5.04. The van der Waals surface area contributed by atoms with Crippen molar-refractivity contribution in [1.29, 1.82) is 0 Å². The maximum atomic E-state index is 13.0. The zero-order valence-corrected chi connectivity index (χ0v) is 16.6. The molecule has 1 aromatic carbocycles. The average Bonchev–Trinajstić information content (AvgIpc) is 2.36. The van der Waals surface area contributed by atoms with E-state index in [1.54, 1.807) is 16.4 Å². The van der Waals surface area contributed by atoms with Crippen LogP contribution < -0.4 is 5.73 Å². The number of hydrogen-bond donors (Lipinski definition) is 1. The summed E-state index contributed by atoms with van der Waals surface area (Å²) in [7, 11) is -3.58. The summed E-state index contributed by atoms with van der Waals surface area (Å²) in [5.74, 6) is 0. The van der Waals surface area contributed by atoms with Gasteiger partial charge in [-0.1, -0.05) is 20.3 Å². The maximum absolute atomic E-state index is 13.0. The molecule has 7 heteroatoms. The summed E-state index contributed by atoms with van der Waals surface area (Å²) in [4.78, 5) is 0.244. The molecule has 0 heterocycles. The standard InChI is InChI=1S/C14H22Br2N2O2S/c1-4-6-7-18(10(3)5-2)21(19,20)14-12(15)8-11(17)9-13(14)16/h8-10H,4-7,17H2,1-3H3. The summed E-state index contributed by atoms with van der Waals surface area (Å²) in [6.07, 6.45) is 2.56. The molecule has 0 amide bonds. The third-order valence-corrected chi connectivity index (χ3v) is 7.29. The Bertz CT molecular complexity index is 568. The predicted molar refractivity (Wildman–Crippen MR) is 94.8 cm³/mol. The van der Waals surface area contributed by atoms with Crippen molar-refractivity contribution in [3.05, 3.63) is 21.1 Å². The van der Waals surface area contributed by atoms with Crippen LogP contribution in [-0.2, 0) is 10.0 Å². The summed E-state index contributed by atoms with van der Waals surface area (Å²) in [6.45, 7) is 6.51. The second kappa shape index (κ2) is 7.94. The minimum atomic E-state index is -3.58. The first-order valence-electron chi connectivity index (χ1n) is 7.02. The maximum Gasteiger partial charge on any atom is 0.245 e. The van der Waals surface area contributed by atoms with E-state index in [2.05, 4.69) is 38.8 Å². The lowest BCUT2D eigenvalue weighted by Crippen LogP contribution is -2.39. The largest absolute Gasteiger partial charge is 0.399 e. The number of halogens is 2. The van der Waals surface area contributed by atoms with Crippen molar-refractivity contribution in [3.63, 3.8) is 0 Å². The predicted octanol–water partition coefficient (Wildman–Crippen LogP) is 4.38. The van der Waals surface area contributed by atoms with Gasteiger partial charge < -0.3 is 5.73 Å². The second-order valence-corrected chi connectivity index (χ2v) is 8.58. The van der Waals surface area contributed by atoms with E-state index in [9.17, 15) is 8.42 Å². The van der Waals surface area contributed by atoms with Gasteiger partial charge in [0.25, 0.3) is 0 Å². The number of nitrogens with zero attached hydrogens (tertiary/aromatic N) is 1. The number of sulfonamides is 1. The summed E-state index contributed by atoms with van der Waals surface area (Å²) >= 11 is 6.65. The fourth-order valence-electron chi connectivity index (χ4n) is 2.04. The zero-order valence-electron chi connectivity index (χ0n) is 12.6. The molecule has 21 heavy (non-hydrogen) atoms. The third kappa shape index (κ3) is 4.43. The van der Waals surface area contributed by atoms with Crippen molar-refractivity contribution in [2.45, 2.75) is 51.0 Å². The summed E-state index contributed by atoms with van der Waals surface area (Å²) in [6, 6.07) is 3.19. The van der Waals surface area contributed by atoms with E-state index < -0.39 is 10.0 Å². The van der Waals surface area contributed by atoms with Gasteiger partial charge in [-0.15, -0.1) is 0 Å². The Balaban J connectivity index is 3.35. The van der Waals surface area contributed by atoms with Gasteiger partial charge in [0.2, 0.25) is 10.0 Å². The molecular formula is C14H22Br2N2O2S. The number of rotatable bonds is 7. The molecule has 0 radical (unpaired) electrons. The molecule has 1 aromatic rings. The highest BCUT2D eigenvalue weighted by molar-refractivity contribution is 9.11. The van der Waals surface area contributed by atoms with Crippen LogP contribution in [0.1, 0.15) is 40.0 Å². The van der Waals surface area contributed by atoms with Gasteiger partial charge in [-0.05, 0) is 63.8 Å². The van der Waals surface area contributed by atoms with Gasteiger partial charge in [0.1, 0.15) is 4.90 Å². The molecule has 0 aliphatic heterocycles. The third-order valence-electron chi connectivity index (χ3n) is 3.40. The Hall–Kier alpha value is -0.110. The smallest absolute Gasteiger partial charge is 0.245 e. The molecule has 2 N–H and O–H groups in total. The van der Waals surface area contributed by atoms with E-state index in [0.717, 1.165) is 19.3 Å². The molecule has 1 atom stereocenters. The normalized spacial score (nSPS) is 13.6. The first-order chi connectivity index (χ1) is 9.75. The van der Waals surface area contributed by atoms with Crippen LogP contribution in [-0.4, -0.2) is 25.3 Å². The van der Waals surface area contributed by atoms with Gasteiger partial charge in [0.15, 0.2) is 0 Å². The first-order valence-corrected chi connectivity index (χ1v) is 10.0.